The van der Waals surface area contributed by atoms with Crippen LogP contribution in [0.15, 0.2) is 48.5 Å². The average Bonchev–Trinajstić information content (AvgIpc) is 2.37. The minimum Gasteiger partial charge on any atom is -0.380 e. The minimum absolute atomic E-state index is 0.382. The molecule has 0 radical (unpaired) electrons. The molecule has 18 heavy (non-hydrogen) atoms. The van der Waals surface area contributed by atoms with Crippen molar-refractivity contribution in [2.24, 2.45) is 0 Å². The van der Waals surface area contributed by atoms with E-state index in [0.29, 0.717) is 13.2 Å². The van der Waals surface area contributed by atoms with Gasteiger partial charge in [0, 0.05) is 5.02 Å². The predicted octanol–water partition coefficient (Wildman–Crippen LogP) is 3.22. The summed E-state index contributed by atoms with van der Waals surface area (Å²) in [7, 11) is 0. The SMILES string of the molecule is OC1(c2ccc(-c3ccc(Cl)cc3)cc2)COC1. The van der Waals surface area contributed by atoms with Crippen LogP contribution in [0.3, 0.4) is 0 Å². The van der Waals surface area contributed by atoms with Gasteiger partial charge in [-0.3, -0.25) is 0 Å². The second-order valence-electron chi connectivity index (χ2n) is 4.61. The molecule has 3 heteroatoms. The lowest BCUT2D eigenvalue weighted by atomic mass is 9.91. The third-order valence-electron chi connectivity index (χ3n) is 3.28. The van der Waals surface area contributed by atoms with Crippen molar-refractivity contribution in [3.8, 4) is 11.1 Å². The summed E-state index contributed by atoms with van der Waals surface area (Å²) >= 11 is 5.86. The first-order chi connectivity index (χ1) is 8.67. The Morgan fingerprint density at radius 2 is 1.39 bits per heavy atom. The lowest BCUT2D eigenvalue weighted by molar-refractivity contribution is -0.184. The van der Waals surface area contributed by atoms with Gasteiger partial charge in [-0.15, -0.1) is 0 Å². The van der Waals surface area contributed by atoms with E-state index in [2.05, 4.69) is 0 Å². The molecule has 2 aromatic carbocycles. The maximum atomic E-state index is 10.1. The largest absolute Gasteiger partial charge is 0.380 e. The maximum absolute atomic E-state index is 10.1. The molecule has 1 fully saturated rings. The van der Waals surface area contributed by atoms with Gasteiger partial charge in [-0.2, -0.15) is 0 Å². The van der Waals surface area contributed by atoms with Crippen molar-refractivity contribution in [2.45, 2.75) is 5.60 Å². The molecule has 0 unspecified atom stereocenters. The average molecular weight is 261 g/mol. The Morgan fingerprint density at radius 1 is 0.889 bits per heavy atom. The number of rotatable bonds is 2. The van der Waals surface area contributed by atoms with E-state index in [1.165, 1.54) is 0 Å². The molecule has 1 aliphatic heterocycles. The van der Waals surface area contributed by atoms with Gasteiger partial charge in [0.2, 0.25) is 0 Å². The van der Waals surface area contributed by atoms with Crippen molar-refractivity contribution in [1.82, 2.24) is 0 Å². The summed E-state index contributed by atoms with van der Waals surface area (Å²) in [6.07, 6.45) is 0. The van der Waals surface area contributed by atoms with Gasteiger partial charge in [0.05, 0.1) is 13.2 Å². The zero-order chi connectivity index (χ0) is 12.6. The van der Waals surface area contributed by atoms with Crippen LogP contribution in [-0.2, 0) is 10.3 Å². The zero-order valence-corrected chi connectivity index (χ0v) is 10.5. The number of benzene rings is 2. The highest BCUT2D eigenvalue weighted by molar-refractivity contribution is 6.30. The first-order valence-electron chi connectivity index (χ1n) is 5.84. The van der Waals surface area contributed by atoms with Gasteiger partial charge in [0.1, 0.15) is 5.60 Å². The molecule has 0 saturated carbocycles. The second-order valence-corrected chi connectivity index (χ2v) is 5.05. The summed E-state index contributed by atoms with van der Waals surface area (Å²) in [5, 5.41) is 10.9. The fourth-order valence-corrected chi connectivity index (χ4v) is 2.20. The summed E-state index contributed by atoms with van der Waals surface area (Å²) in [4.78, 5) is 0. The van der Waals surface area contributed by atoms with E-state index in [1.54, 1.807) is 0 Å². The highest BCUT2D eigenvalue weighted by atomic mass is 35.5. The van der Waals surface area contributed by atoms with E-state index in [0.717, 1.165) is 21.7 Å². The normalized spacial score (nSPS) is 17.2. The standard InChI is InChI=1S/C15H13ClO2/c16-14-7-3-12(4-8-14)11-1-5-13(6-2-11)15(17)9-18-10-15/h1-8,17H,9-10H2. The Morgan fingerprint density at radius 3 is 1.83 bits per heavy atom. The zero-order valence-electron chi connectivity index (χ0n) is 9.77. The molecule has 2 nitrogen and oxygen atoms in total. The lowest BCUT2D eigenvalue weighted by Gasteiger charge is -2.36. The van der Waals surface area contributed by atoms with Crippen molar-refractivity contribution in [3.63, 3.8) is 0 Å². The number of halogens is 1. The van der Waals surface area contributed by atoms with Crippen LogP contribution in [0.5, 0.6) is 0 Å². The molecule has 0 aromatic heterocycles. The number of ether oxygens (including phenoxy) is 1. The highest BCUT2D eigenvalue weighted by Gasteiger charge is 2.37. The number of hydrogen-bond acceptors (Lipinski definition) is 2. The van der Waals surface area contributed by atoms with Crippen molar-refractivity contribution in [1.29, 1.82) is 0 Å². The van der Waals surface area contributed by atoms with E-state index >= 15 is 0 Å². The molecule has 0 aliphatic carbocycles. The molecular weight excluding hydrogens is 248 g/mol. The summed E-state index contributed by atoms with van der Waals surface area (Å²) in [5.74, 6) is 0. The van der Waals surface area contributed by atoms with Crippen LogP contribution in [0.2, 0.25) is 5.02 Å². The van der Waals surface area contributed by atoms with Crippen LogP contribution in [0.4, 0.5) is 0 Å². The van der Waals surface area contributed by atoms with Crippen molar-refractivity contribution < 1.29 is 9.84 Å². The fourth-order valence-electron chi connectivity index (χ4n) is 2.08. The summed E-state index contributed by atoms with van der Waals surface area (Å²) in [6.45, 7) is 0.764. The number of hydrogen-bond donors (Lipinski definition) is 1. The van der Waals surface area contributed by atoms with Gasteiger partial charge in [0.25, 0.3) is 0 Å². The van der Waals surface area contributed by atoms with E-state index in [-0.39, 0.29) is 0 Å². The highest BCUT2D eigenvalue weighted by Crippen LogP contribution is 2.31. The van der Waals surface area contributed by atoms with Crippen LogP contribution in [-0.4, -0.2) is 18.3 Å². The first-order valence-corrected chi connectivity index (χ1v) is 6.22. The predicted molar refractivity (Wildman–Crippen MR) is 71.6 cm³/mol. The van der Waals surface area contributed by atoms with Crippen LogP contribution >= 0.6 is 11.6 Å². The first kappa shape index (κ1) is 11.7. The van der Waals surface area contributed by atoms with Crippen LogP contribution < -0.4 is 0 Å². The van der Waals surface area contributed by atoms with Gasteiger partial charge in [-0.1, -0.05) is 48.0 Å². The van der Waals surface area contributed by atoms with E-state index in [9.17, 15) is 5.11 Å². The molecule has 1 saturated heterocycles. The molecule has 92 valence electrons. The summed E-state index contributed by atoms with van der Waals surface area (Å²) in [5.41, 5.74) is 2.34. The lowest BCUT2D eigenvalue weighted by Crippen LogP contribution is -2.46. The molecular formula is C15H13ClO2. The van der Waals surface area contributed by atoms with Gasteiger partial charge in [0.15, 0.2) is 0 Å². The van der Waals surface area contributed by atoms with Crippen molar-refractivity contribution in [2.75, 3.05) is 13.2 Å². The Kier molecular flexibility index (Phi) is 2.86. The van der Waals surface area contributed by atoms with E-state index in [1.807, 2.05) is 48.5 Å². The molecule has 1 heterocycles. The minimum atomic E-state index is -0.793. The van der Waals surface area contributed by atoms with E-state index in [4.69, 9.17) is 16.3 Å². The molecule has 3 rings (SSSR count). The van der Waals surface area contributed by atoms with Crippen LogP contribution in [0, 0.1) is 0 Å². The maximum Gasteiger partial charge on any atom is 0.136 e. The molecule has 0 atom stereocenters. The quantitative estimate of drug-likeness (QED) is 0.898. The fraction of sp³-hybridized carbons (Fsp3) is 0.200. The van der Waals surface area contributed by atoms with E-state index < -0.39 is 5.60 Å². The third-order valence-corrected chi connectivity index (χ3v) is 3.53. The molecule has 1 N–H and O–H groups in total. The molecule has 2 aromatic rings. The summed E-state index contributed by atoms with van der Waals surface area (Å²) < 4.78 is 5.06. The van der Waals surface area contributed by atoms with Gasteiger partial charge in [-0.25, -0.2) is 0 Å². The van der Waals surface area contributed by atoms with Crippen molar-refractivity contribution in [3.05, 3.63) is 59.1 Å². The Labute approximate surface area is 111 Å². The molecule has 0 amide bonds. The van der Waals surface area contributed by atoms with Gasteiger partial charge < -0.3 is 9.84 Å². The topological polar surface area (TPSA) is 29.5 Å². The number of aliphatic hydroxyl groups is 1. The Balaban J connectivity index is 1.89. The van der Waals surface area contributed by atoms with Crippen LogP contribution in [0.1, 0.15) is 5.56 Å². The summed E-state index contributed by atoms with van der Waals surface area (Å²) in [6, 6.07) is 15.6. The van der Waals surface area contributed by atoms with Crippen LogP contribution in [0.25, 0.3) is 11.1 Å². The smallest absolute Gasteiger partial charge is 0.136 e. The molecule has 1 aliphatic rings. The molecule has 0 spiro atoms. The Bertz CT molecular complexity index is 542. The second kappa shape index (κ2) is 4.39. The third kappa shape index (κ3) is 2.03. The van der Waals surface area contributed by atoms with Gasteiger partial charge >= 0.3 is 0 Å². The monoisotopic (exact) mass is 260 g/mol. The Hall–Kier alpha value is -1.35. The molecule has 0 bridgehead atoms. The van der Waals surface area contributed by atoms with Gasteiger partial charge in [-0.05, 0) is 28.8 Å². The van der Waals surface area contributed by atoms with Crippen molar-refractivity contribution >= 4 is 11.6 Å².